The molecule has 0 bridgehead atoms. The van der Waals surface area contributed by atoms with Gasteiger partial charge in [0.05, 0.1) is 0 Å². The molecule has 12 heavy (non-hydrogen) atoms. The van der Waals surface area contributed by atoms with Crippen molar-refractivity contribution in [2.24, 2.45) is 0 Å². The third-order valence-electron chi connectivity index (χ3n) is 1.03. The minimum Gasteiger partial charge on any atom is -0.244 e. The zero-order valence-corrected chi connectivity index (χ0v) is 6.86. The molecule has 1 rings (SSSR count). The molecule has 0 saturated carbocycles. The predicted octanol–water partition coefficient (Wildman–Crippen LogP) is -0.374. The molecule has 1 aromatic heterocycles. The number of nitrogens with zero attached hydrogens (tertiary/aromatic N) is 2. The molecule has 1 aromatic rings. The van der Waals surface area contributed by atoms with Crippen LogP contribution in [0.2, 0.25) is 0 Å². The van der Waals surface area contributed by atoms with Crippen LogP contribution in [0.25, 0.3) is 0 Å². The van der Waals surface area contributed by atoms with Gasteiger partial charge in [-0.05, 0) is 0 Å². The van der Waals surface area contributed by atoms with Crippen molar-refractivity contribution in [3.63, 3.8) is 0 Å². The van der Waals surface area contributed by atoms with Crippen LogP contribution in [0, 0.1) is 12.3 Å². The van der Waals surface area contributed by atoms with Crippen molar-refractivity contribution in [2.45, 2.75) is 0 Å². The van der Waals surface area contributed by atoms with Crippen molar-refractivity contribution in [1.29, 1.82) is 0 Å². The van der Waals surface area contributed by atoms with Crippen molar-refractivity contribution in [3.8, 4) is 12.3 Å². The van der Waals surface area contributed by atoms with Gasteiger partial charge in [-0.2, -0.15) is 8.42 Å². The molecule has 0 N–H and O–H groups in total. The second-order valence-electron chi connectivity index (χ2n) is 1.82. The molecular formula is C6H6N2O3S. The first kappa shape index (κ1) is 8.77. The lowest BCUT2D eigenvalue weighted by atomic mass is 10.8. The molecule has 0 atom stereocenters. The molecule has 0 amide bonds. The highest BCUT2D eigenvalue weighted by Gasteiger charge is 2.11. The van der Waals surface area contributed by atoms with E-state index in [0.717, 1.165) is 10.3 Å². The van der Waals surface area contributed by atoms with Crippen LogP contribution in [-0.2, 0) is 14.5 Å². The maximum atomic E-state index is 11.1. The van der Waals surface area contributed by atoms with Gasteiger partial charge in [0.25, 0.3) is 0 Å². The summed E-state index contributed by atoms with van der Waals surface area (Å²) in [5.74, 6) is 2.05. The monoisotopic (exact) mass is 186 g/mol. The van der Waals surface area contributed by atoms with E-state index in [1.165, 1.54) is 12.4 Å². The fourth-order valence-electron chi connectivity index (χ4n) is 0.548. The van der Waals surface area contributed by atoms with E-state index in [-0.39, 0.29) is 6.61 Å². The highest BCUT2D eigenvalue weighted by Crippen LogP contribution is 1.97. The van der Waals surface area contributed by atoms with E-state index in [2.05, 4.69) is 15.1 Å². The molecule has 6 heteroatoms. The molecule has 0 unspecified atom stereocenters. The SMILES string of the molecule is C#CCOS(=O)(=O)n1ccnc1. The van der Waals surface area contributed by atoms with Gasteiger partial charge in [0.1, 0.15) is 12.9 Å². The van der Waals surface area contributed by atoms with E-state index in [4.69, 9.17) is 6.42 Å². The van der Waals surface area contributed by atoms with Gasteiger partial charge in [-0.1, -0.05) is 5.92 Å². The zero-order chi connectivity index (χ0) is 9.03. The second-order valence-corrected chi connectivity index (χ2v) is 3.33. The molecule has 0 saturated heterocycles. The van der Waals surface area contributed by atoms with E-state index in [1.807, 2.05) is 0 Å². The molecule has 0 aliphatic rings. The number of hydrogen-bond donors (Lipinski definition) is 0. The zero-order valence-electron chi connectivity index (χ0n) is 6.04. The fourth-order valence-corrected chi connectivity index (χ4v) is 1.26. The first-order valence-electron chi connectivity index (χ1n) is 2.98. The minimum absolute atomic E-state index is 0.277. The van der Waals surface area contributed by atoms with Crippen LogP contribution >= 0.6 is 0 Å². The molecular weight excluding hydrogens is 180 g/mol. The summed E-state index contributed by atoms with van der Waals surface area (Å²) in [6, 6.07) is 0. The molecule has 0 aliphatic carbocycles. The van der Waals surface area contributed by atoms with Crippen molar-refractivity contribution in [2.75, 3.05) is 6.61 Å². The summed E-state index contributed by atoms with van der Waals surface area (Å²) in [7, 11) is -3.77. The number of terminal acetylenes is 1. The highest BCUT2D eigenvalue weighted by atomic mass is 32.2. The molecule has 64 valence electrons. The molecule has 5 nitrogen and oxygen atoms in total. The van der Waals surface area contributed by atoms with Crippen LogP contribution in [-0.4, -0.2) is 24.0 Å². The van der Waals surface area contributed by atoms with Crippen molar-refractivity contribution in [1.82, 2.24) is 8.96 Å². The lowest BCUT2D eigenvalue weighted by molar-refractivity contribution is 0.356. The Balaban J connectivity index is 2.83. The summed E-state index contributed by atoms with van der Waals surface area (Å²) in [4.78, 5) is 3.55. The maximum Gasteiger partial charge on any atom is 0.368 e. The van der Waals surface area contributed by atoms with Gasteiger partial charge in [-0.25, -0.2) is 13.1 Å². The van der Waals surface area contributed by atoms with Crippen molar-refractivity contribution < 1.29 is 12.6 Å². The smallest absolute Gasteiger partial charge is 0.244 e. The average Bonchev–Trinajstić information content (AvgIpc) is 2.53. The molecule has 0 fully saturated rings. The Morgan fingerprint density at radius 2 is 2.42 bits per heavy atom. The topological polar surface area (TPSA) is 61.2 Å². The molecule has 0 aromatic carbocycles. The fraction of sp³-hybridized carbons (Fsp3) is 0.167. The number of hydrogen-bond acceptors (Lipinski definition) is 4. The van der Waals surface area contributed by atoms with Gasteiger partial charge in [0.2, 0.25) is 0 Å². The second kappa shape index (κ2) is 3.38. The van der Waals surface area contributed by atoms with E-state index in [0.29, 0.717) is 0 Å². The van der Waals surface area contributed by atoms with Gasteiger partial charge < -0.3 is 0 Å². The summed E-state index contributed by atoms with van der Waals surface area (Å²) >= 11 is 0. The summed E-state index contributed by atoms with van der Waals surface area (Å²) < 4.78 is 27.3. The highest BCUT2D eigenvalue weighted by molar-refractivity contribution is 7.85. The van der Waals surface area contributed by atoms with E-state index in [1.54, 1.807) is 0 Å². The first-order chi connectivity index (χ1) is 5.67. The lowest BCUT2D eigenvalue weighted by Gasteiger charge is -2.00. The molecule has 1 heterocycles. The van der Waals surface area contributed by atoms with Gasteiger partial charge in [0.15, 0.2) is 0 Å². The Labute approximate surface area is 70.2 Å². The van der Waals surface area contributed by atoms with Crippen LogP contribution < -0.4 is 0 Å². The standard InChI is InChI=1S/C6H6N2O3S/c1-2-5-11-12(9,10)8-4-3-7-6-8/h1,3-4,6H,5H2. The van der Waals surface area contributed by atoms with E-state index in [9.17, 15) is 8.42 Å². The Morgan fingerprint density at radius 1 is 1.67 bits per heavy atom. The molecule has 0 spiro atoms. The van der Waals surface area contributed by atoms with Gasteiger partial charge in [0, 0.05) is 12.4 Å². The predicted molar refractivity (Wildman–Crippen MR) is 41.3 cm³/mol. The Morgan fingerprint density at radius 3 is 2.92 bits per heavy atom. The van der Waals surface area contributed by atoms with E-state index >= 15 is 0 Å². The van der Waals surface area contributed by atoms with Crippen LogP contribution in [0.4, 0.5) is 0 Å². The third-order valence-corrected chi connectivity index (χ3v) is 2.18. The Bertz CT molecular complexity index is 373. The number of imidazole rings is 1. The maximum absolute atomic E-state index is 11.1. The minimum atomic E-state index is -3.77. The first-order valence-corrected chi connectivity index (χ1v) is 4.34. The van der Waals surface area contributed by atoms with Crippen LogP contribution in [0.15, 0.2) is 18.7 Å². The summed E-state index contributed by atoms with van der Waals surface area (Å²) in [5, 5.41) is 0. The van der Waals surface area contributed by atoms with Crippen molar-refractivity contribution in [3.05, 3.63) is 18.7 Å². The van der Waals surface area contributed by atoms with Crippen LogP contribution in [0.1, 0.15) is 0 Å². The average molecular weight is 186 g/mol. The Kier molecular flexibility index (Phi) is 2.47. The van der Waals surface area contributed by atoms with Crippen LogP contribution in [0.5, 0.6) is 0 Å². The van der Waals surface area contributed by atoms with Crippen molar-refractivity contribution >= 4 is 10.3 Å². The molecule has 0 radical (unpaired) electrons. The summed E-state index contributed by atoms with van der Waals surface area (Å²) in [6.07, 6.45) is 8.53. The summed E-state index contributed by atoms with van der Waals surface area (Å²) in [6.45, 7) is -0.277. The quantitative estimate of drug-likeness (QED) is 0.604. The number of rotatable bonds is 3. The van der Waals surface area contributed by atoms with E-state index < -0.39 is 10.3 Å². The van der Waals surface area contributed by atoms with Crippen LogP contribution in [0.3, 0.4) is 0 Å². The largest absolute Gasteiger partial charge is 0.368 e. The van der Waals surface area contributed by atoms with Gasteiger partial charge in [-0.3, -0.25) is 0 Å². The normalized spacial score (nSPS) is 10.9. The third kappa shape index (κ3) is 1.84. The van der Waals surface area contributed by atoms with Gasteiger partial charge >= 0.3 is 10.3 Å². The lowest BCUT2D eigenvalue weighted by Crippen LogP contribution is -2.14. The van der Waals surface area contributed by atoms with Gasteiger partial charge in [-0.15, -0.1) is 6.42 Å². The molecule has 0 aliphatic heterocycles. The number of aromatic nitrogens is 2. The Hall–Kier alpha value is -1.32. The summed E-state index contributed by atoms with van der Waals surface area (Å²) in [5.41, 5.74) is 0.